The summed E-state index contributed by atoms with van der Waals surface area (Å²) in [6, 6.07) is 2.18. The van der Waals surface area contributed by atoms with Gasteiger partial charge in [-0.25, -0.2) is 9.59 Å². The van der Waals surface area contributed by atoms with E-state index < -0.39 is 22.7 Å². The first-order chi connectivity index (χ1) is 8.91. The highest BCUT2D eigenvalue weighted by Gasteiger charge is 2.31. The molecule has 1 aromatic carbocycles. The topological polar surface area (TPSA) is 121 Å². The molecule has 8 nitrogen and oxygen atoms in total. The Hall–Kier alpha value is -2.64. The number of rotatable bonds is 2. The second kappa shape index (κ2) is 4.56. The molecule has 8 heteroatoms. The number of carboxylic acids is 1. The average Bonchev–Trinajstić information content (AvgIpc) is 2.36. The number of nitro benzene ring substituents is 1. The number of amides is 1. The molecule has 1 aromatic rings. The van der Waals surface area contributed by atoms with Gasteiger partial charge in [0.2, 0.25) is 0 Å². The SMILES string of the molecule is O=C(O)c1cc2c(c([N+](=O)[O-])c1)N(C(=O)O)CCC2. The molecule has 0 aromatic heterocycles. The van der Waals surface area contributed by atoms with E-state index >= 15 is 0 Å². The Balaban J connectivity index is 2.69. The minimum Gasteiger partial charge on any atom is -0.478 e. The van der Waals surface area contributed by atoms with Crippen LogP contribution in [0.5, 0.6) is 0 Å². The molecule has 0 aliphatic carbocycles. The van der Waals surface area contributed by atoms with Crippen LogP contribution in [0.1, 0.15) is 22.3 Å². The number of anilines is 1. The van der Waals surface area contributed by atoms with Gasteiger partial charge in [-0.2, -0.15) is 0 Å². The van der Waals surface area contributed by atoms with E-state index in [1.165, 1.54) is 6.07 Å². The zero-order chi connectivity index (χ0) is 14.2. The van der Waals surface area contributed by atoms with E-state index in [1.807, 2.05) is 0 Å². The Labute approximate surface area is 107 Å². The van der Waals surface area contributed by atoms with Gasteiger partial charge in [0.25, 0.3) is 5.69 Å². The maximum atomic E-state index is 11.1. The van der Waals surface area contributed by atoms with E-state index in [-0.39, 0.29) is 17.8 Å². The van der Waals surface area contributed by atoms with Crippen molar-refractivity contribution in [3.63, 3.8) is 0 Å². The molecular weight excluding hydrogens is 256 g/mol. The zero-order valence-corrected chi connectivity index (χ0v) is 9.70. The summed E-state index contributed by atoms with van der Waals surface area (Å²) in [5, 5.41) is 29.0. The van der Waals surface area contributed by atoms with Gasteiger partial charge in [-0.3, -0.25) is 15.0 Å². The number of aryl methyl sites for hydroxylation is 1. The van der Waals surface area contributed by atoms with Crippen LogP contribution in [0, 0.1) is 10.1 Å². The van der Waals surface area contributed by atoms with E-state index in [2.05, 4.69) is 0 Å². The van der Waals surface area contributed by atoms with Crippen molar-refractivity contribution in [3.05, 3.63) is 33.4 Å². The van der Waals surface area contributed by atoms with Crippen LogP contribution in [0.3, 0.4) is 0 Å². The molecule has 0 atom stereocenters. The molecule has 19 heavy (non-hydrogen) atoms. The lowest BCUT2D eigenvalue weighted by molar-refractivity contribution is -0.384. The smallest absolute Gasteiger partial charge is 0.412 e. The molecule has 0 unspecified atom stereocenters. The maximum absolute atomic E-state index is 11.1. The van der Waals surface area contributed by atoms with Crippen molar-refractivity contribution in [2.75, 3.05) is 11.4 Å². The normalized spacial score (nSPS) is 13.8. The predicted molar refractivity (Wildman–Crippen MR) is 63.7 cm³/mol. The largest absolute Gasteiger partial charge is 0.478 e. The minimum absolute atomic E-state index is 0.0197. The first-order valence-corrected chi connectivity index (χ1v) is 5.47. The standard InChI is InChI=1S/C11H10N2O6/c14-10(15)7-4-6-2-1-3-12(11(16)17)9(6)8(5-7)13(18)19/h4-5H,1-3H2,(H,14,15)(H,16,17). The number of hydrogen-bond donors (Lipinski definition) is 2. The number of carbonyl (C=O) groups is 2. The molecule has 2 N–H and O–H groups in total. The molecule has 1 amide bonds. The third-order valence-corrected chi connectivity index (χ3v) is 2.94. The summed E-state index contributed by atoms with van der Waals surface area (Å²) in [5.74, 6) is -1.28. The van der Waals surface area contributed by atoms with E-state index in [4.69, 9.17) is 10.2 Å². The number of fused-ring (bicyclic) bond motifs is 1. The van der Waals surface area contributed by atoms with Gasteiger partial charge in [-0.15, -0.1) is 0 Å². The zero-order valence-electron chi connectivity index (χ0n) is 9.70. The molecule has 100 valence electrons. The summed E-state index contributed by atoms with van der Waals surface area (Å²) < 4.78 is 0. The number of aromatic carboxylic acids is 1. The van der Waals surface area contributed by atoms with Crippen LogP contribution in [0.15, 0.2) is 12.1 Å². The lowest BCUT2D eigenvalue weighted by Gasteiger charge is -2.26. The lowest BCUT2D eigenvalue weighted by atomic mass is 9.98. The number of benzene rings is 1. The summed E-state index contributed by atoms with van der Waals surface area (Å²) in [6.07, 6.45) is -0.368. The molecule has 0 saturated carbocycles. The van der Waals surface area contributed by atoms with Crippen LogP contribution in [-0.4, -0.2) is 33.7 Å². The fraction of sp³-hybridized carbons (Fsp3) is 0.273. The Kier molecular flexibility index (Phi) is 3.07. The Morgan fingerprint density at radius 3 is 2.53 bits per heavy atom. The van der Waals surface area contributed by atoms with Crippen LogP contribution in [0.25, 0.3) is 0 Å². The van der Waals surface area contributed by atoms with Gasteiger partial charge in [0.15, 0.2) is 0 Å². The number of nitro groups is 1. The maximum Gasteiger partial charge on any atom is 0.412 e. The monoisotopic (exact) mass is 266 g/mol. The van der Waals surface area contributed by atoms with Crippen molar-refractivity contribution in [2.45, 2.75) is 12.8 Å². The summed E-state index contributed by atoms with van der Waals surface area (Å²) in [6.45, 7) is 0.162. The van der Waals surface area contributed by atoms with Crippen LogP contribution >= 0.6 is 0 Å². The molecule has 1 aliphatic rings. The second-order valence-electron chi connectivity index (χ2n) is 4.10. The lowest BCUT2D eigenvalue weighted by Crippen LogP contribution is -2.34. The van der Waals surface area contributed by atoms with Crippen LogP contribution in [0.2, 0.25) is 0 Å². The molecular formula is C11H10N2O6. The van der Waals surface area contributed by atoms with Gasteiger partial charge in [0, 0.05) is 12.6 Å². The Bertz CT molecular complexity index is 583. The molecule has 1 aliphatic heterocycles. The fourth-order valence-electron chi connectivity index (χ4n) is 2.17. The minimum atomic E-state index is -1.29. The highest BCUT2D eigenvalue weighted by molar-refractivity contribution is 5.95. The van der Waals surface area contributed by atoms with Gasteiger partial charge in [-0.1, -0.05) is 0 Å². The van der Waals surface area contributed by atoms with Crippen molar-refractivity contribution < 1.29 is 24.7 Å². The Morgan fingerprint density at radius 2 is 2.00 bits per heavy atom. The number of hydrogen-bond acceptors (Lipinski definition) is 4. The summed E-state index contributed by atoms with van der Waals surface area (Å²) in [5.41, 5.74) is -0.344. The van der Waals surface area contributed by atoms with Crippen molar-refractivity contribution in [3.8, 4) is 0 Å². The third kappa shape index (κ3) is 2.19. The van der Waals surface area contributed by atoms with Crippen LogP contribution < -0.4 is 4.90 Å². The van der Waals surface area contributed by atoms with Crippen LogP contribution in [-0.2, 0) is 6.42 Å². The van der Waals surface area contributed by atoms with Gasteiger partial charge in [0.1, 0.15) is 5.69 Å². The van der Waals surface area contributed by atoms with Crippen molar-refractivity contribution in [2.24, 2.45) is 0 Å². The van der Waals surface area contributed by atoms with E-state index in [1.54, 1.807) is 0 Å². The van der Waals surface area contributed by atoms with Crippen molar-refractivity contribution >= 4 is 23.4 Å². The summed E-state index contributed by atoms with van der Waals surface area (Å²) >= 11 is 0. The number of carboxylic acid groups (broad SMARTS) is 2. The highest BCUT2D eigenvalue weighted by Crippen LogP contribution is 2.37. The molecule has 2 rings (SSSR count). The molecule has 0 spiro atoms. The second-order valence-corrected chi connectivity index (χ2v) is 4.10. The molecule has 0 bridgehead atoms. The van der Waals surface area contributed by atoms with Crippen molar-refractivity contribution in [1.29, 1.82) is 0 Å². The fourth-order valence-corrected chi connectivity index (χ4v) is 2.17. The first kappa shape index (κ1) is 12.8. The molecule has 0 radical (unpaired) electrons. The molecule has 1 heterocycles. The van der Waals surface area contributed by atoms with Gasteiger partial charge >= 0.3 is 12.1 Å². The van der Waals surface area contributed by atoms with Gasteiger partial charge in [0.05, 0.1) is 10.5 Å². The van der Waals surface area contributed by atoms with E-state index in [0.717, 1.165) is 11.0 Å². The van der Waals surface area contributed by atoms with E-state index in [0.29, 0.717) is 18.4 Å². The molecule has 0 saturated heterocycles. The van der Waals surface area contributed by atoms with Gasteiger partial charge < -0.3 is 10.2 Å². The van der Waals surface area contributed by atoms with E-state index in [9.17, 15) is 19.7 Å². The third-order valence-electron chi connectivity index (χ3n) is 2.94. The quantitative estimate of drug-likeness (QED) is 0.621. The van der Waals surface area contributed by atoms with Crippen molar-refractivity contribution in [1.82, 2.24) is 0 Å². The Morgan fingerprint density at radius 1 is 1.32 bits per heavy atom. The van der Waals surface area contributed by atoms with Gasteiger partial charge in [-0.05, 0) is 24.5 Å². The average molecular weight is 266 g/mol. The predicted octanol–water partition coefficient (Wildman–Crippen LogP) is 1.72. The highest BCUT2D eigenvalue weighted by atomic mass is 16.6. The molecule has 0 fully saturated rings. The summed E-state index contributed by atoms with van der Waals surface area (Å²) in [7, 11) is 0. The van der Waals surface area contributed by atoms with Crippen LogP contribution in [0.4, 0.5) is 16.2 Å². The number of nitrogens with zero attached hydrogens (tertiary/aromatic N) is 2. The summed E-state index contributed by atoms with van der Waals surface area (Å²) in [4.78, 5) is 33.2. The first-order valence-electron chi connectivity index (χ1n) is 5.47.